The van der Waals surface area contributed by atoms with Crippen LogP contribution in [0.3, 0.4) is 0 Å². The number of aromatic nitrogens is 2. The Morgan fingerprint density at radius 2 is 2.29 bits per heavy atom. The fourth-order valence-corrected chi connectivity index (χ4v) is 3.08. The molecule has 5 heteroatoms. The van der Waals surface area contributed by atoms with Gasteiger partial charge in [-0.15, -0.1) is 0 Å². The number of nitrogens with one attached hydrogen (secondary N) is 1. The molecule has 2 aromatic heterocycles. The molecule has 1 saturated heterocycles. The van der Waals surface area contributed by atoms with Gasteiger partial charge in [0.05, 0.1) is 11.6 Å². The number of amides is 1. The van der Waals surface area contributed by atoms with Crippen molar-refractivity contribution in [2.45, 2.75) is 26.3 Å². The second-order valence-electron chi connectivity index (χ2n) is 5.89. The number of imidazole rings is 1. The summed E-state index contributed by atoms with van der Waals surface area (Å²) in [6, 6.07) is 4.12. The summed E-state index contributed by atoms with van der Waals surface area (Å²) in [6.07, 6.45) is 6.24. The lowest BCUT2D eigenvalue weighted by atomic mass is 9.97. The van der Waals surface area contributed by atoms with Crippen LogP contribution in [-0.4, -0.2) is 40.3 Å². The summed E-state index contributed by atoms with van der Waals surface area (Å²) in [5, 5.41) is 2.76. The molecule has 112 valence electrons. The topological polar surface area (TPSA) is 49.6 Å². The lowest BCUT2D eigenvalue weighted by Gasteiger charge is -2.31. The van der Waals surface area contributed by atoms with Crippen LogP contribution in [0, 0.1) is 12.8 Å². The first-order valence-corrected chi connectivity index (χ1v) is 7.54. The Kier molecular flexibility index (Phi) is 3.92. The molecule has 2 aromatic rings. The third-order valence-electron chi connectivity index (χ3n) is 4.16. The summed E-state index contributed by atoms with van der Waals surface area (Å²) < 4.78 is 2.07. The maximum atomic E-state index is 11.8. The fourth-order valence-electron chi connectivity index (χ4n) is 3.08. The van der Waals surface area contributed by atoms with Gasteiger partial charge in [0, 0.05) is 32.5 Å². The third-order valence-corrected chi connectivity index (χ3v) is 4.16. The second kappa shape index (κ2) is 5.85. The highest BCUT2D eigenvalue weighted by atomic mass is 16.1. The molecule has 3 rings (SSSR count). The van der Waals surface area contributed by atoms with E-state index in [0.29, 0.717) is 0 Å². The smallest absolute Gasteiger partial charge is 0.224 e. The van der Waals surface area contributed by atoms with E-state index >= 15 is 0 Å². The number of hydrogen-bond acceptors (Lipinski definition) is 3. The molecule has 0 saturated carbocycles. The van der Waals surface area contributed by atoms with Crippen molar-refractivity contribution in [2.75, 3.05) is 20.1 Å². The zero-order valence-corrected chi connectivity index (χ0v) is 12.7. The van der Waals surface area contributed by atoms with E-state index in [1.807, 2.05) is 6.07 Å². The van der Waals surface area contributed by atoms with Gasteiger partial charge in [0.15, 0.2) is 0 Å². The number of aryl methyl sites for hydroxylation is 1. The van der Waals surface area contributed by atoms with Crippen molar-refractivity contribution < 1.29 is 4.79 Å². The number of hydrogen-bond donors (Lipinski definition) is 1. The number of likely N-dealkylation sites (tertiary alicyclic amines) is 1. The van der Waals surface area contributed by atoms with E-state index in [1.165, 1.54) is 5.56 Å². The van der Waals surface area contributed by atoms with Crippen LogP contribution in [0.2, 0.25) is 0 Å². The molecular weight excluding hydrogens is 264 g/mol. The molecule has 0 aromatic carbocycles. The van der Waals surface area contributed by atoms with Crippen LogP contribution in [0.1, 0.15) is 24.1 Å². The Balaban J connectivity index is 1.71. The van der Waals surface area contributed by atoms with Gasteiger partial charge in [0.25, 0.3) is 0 Å². The van der Waals surface area contributed by atoms with Gasteiger partial charge in [-0.1, -0.05) is 6.07 Å². The number of nitrogens with zero attached hydrogens (tertiary/aromatic N) is 3. The zero-order chi connectivity index (χ0) is 14.8. The normalized spacial score (nSPS) is 19.8. The summed E-state index contributed by atoms with van der Waals surface area (Å²) in [7, 11) is 1.71. The van der Waals surface area contributed by atoms with Crippen molar-refractivity contribution in [1.29, 1.82) is 0 Å². The van der Waals surface area contributed by atoms with Crippen LogP contribution in [0.4, 0.5) is 0 Å². The summed E-state index contributed by atoms with van der Waals surface area (Å²) in [4.78, 5) is 18.8. The molecule has 21 heavy (non-hydrogen) atoms. The number of piperidine rings is 1. The first-order chi connectivity index (χ1) is 10.2. The Morgan fingerprint density at radius 1 is 1.43 bits per heavy atom. The van der Waals surface area contributed by atoms with E-state index in [1.54, 1.807) is 7.05 Å². The van der Waals surface area contributed by atoms with Gasteiger partial charge in [-0.2, -0.15) is 0 Å². The van der Waals surface area contributed by atoms with Crippen molar-refractivity contribution in [2.24, 2.45) is 5.92 Å². The van der Waals surface area contributed by atoms with E-state index in [9.17, 15) is 4.79 Å². The Hall–Kier alpha value is -1.88. The fraction of sp³-hybridized carbons (Fsp3) is 0.500. The molecule has 0 radical (unpaired) electrons. The van der Waals surface area contributed by atoms with Gasteiger partial charge < -0.3 is 9.72 Å². The van der Waals surface area contributed by atoms with Crippen molar-refractivity contribution in [3.05, 3.63) is 35.8 Å². The Morgan fingerprint density at radius 3 is 3.10 bits per heavy atom. The Bertz CT molecular complexity index is 649. The predicted molar refractivity (Wildman–Crippen MR) is 82.0 cm³/mol. The highest BCUT2D eigenvalue weighted by molar-refractivity contribution is 5.78. The molecule has 0 bridgehead atoms. The maximum Gasteiger partial charge on any atom is 0.224 e. The van der Waals surface area contributed by atoms with Gasteiger partial charge in [-0.25, -0.2) is 4.98 Å². The predicted octanol–water partition coefficient (Wildman–Crippen LogP) is 1.60. The molecular formula is C16H22N4O. The van der Waals surface area contributed by atoms with E-state index in [-0.39, 0.29) is 11.8 Å². The number of pyridine rings is 1. The quantitative estimate of drug-likeness (QED) is 0.932. The van der Waals surface area contributed by atoms with Crippen molar-refractivity contribution in [3.8, 4) is 0 Å². The van der Waals surface area contributed by atoms with E-state index < -0.39 is 0 Å². The zero-order valence-electron chi connectivity index (χ0n) is 12.7. The average molecular weight is 286 g/mol. The molecule has 1 N–H and O–H groups in total. The molecule has 1 fully saturated rings. The molecule has 0 aliphatic carbocycles. The minimum absolute atomic E-state index is 0.114. The van der Waals surface area contributed by atoms with Gasteiger partial charge in [0.2, 0.25) is 5.91 Å². The molecule has 1 amide bonds. The van der Waals surface area contributed by atoms with Crippen LogP contribution < -0.4 is 5.32 Å². The Labute approximate surface area is 125 Å². The molecule has 0 spiro atoms. The minimum atomic E-state index is 0.114. The number of fused-ring (bicyclic) bond motifs is 1. The highest BCUT2D eigenvalue weighted by Gasteiger charge is 2.25. The first kappa shape index (κ1) is 14.1. The lowest BCUT2D eigenvalue weighted by Crippen LogP contribution is -2.41. The number of rotatable bonds is 3. The summed E-state index contributed by atoms with van der Waals surface area (Å²) in [6.45, 7) is 4.76. The van der Waals surface area contributed by atoms with Gasteiger partial charge >= 0.3 is 0 Å². The van der Waals surface area contributed by atoms with Crippen molar-refractivity contribution >= 4 is 11.6 Å². The van der Waals surface area contributed by atoms with E-state index in [0.717, 1.165) is 43.8 Å². The monoisotopic (exact) mass is 286 g/mol. The average Bonchev–Trinajstić information content (AvgIpc) is 2.88. The number of carbonyl (C=O) groups excluding carboxylic acids is 1. The molecule has 1 aliphatic rings. The van der Waals surface area contributed by atoms with E-state index in [2.05, 4.69) is 45.0 Å². The third kappa shape index (κ3) is 3.08. The molecule has 1 unspecified atom stereocenters. The van der Waals surface area contributed by atoms with Crippen molar-refractivity contribution in [1.82, 2.24) is 19.6 Å². The summed E-state index contributed by atoms with van der Waals surface area (Å²) >= 11 is 0. The van der Waals surface area contributed by atoms with Crippen LogP contribution in [-0.2, 0) is 11.3 Å². The SMILES string of the molecule is CNC(=O)C1CCCN(Cc2cn3cc(C)ccc3n2)C1. The van der Waals surface area contributed by atoms with E-state index in [4.69, 9.17) is 0 Å². The summed E-state index contributed by atoms with van der Waals surface area (Å²) in [5.41, 5.74) is 3.28. The molecule has 3 heterocycles. The highest BCUT2D eigenvalue weighted by Crippen LogP contribution is 2.19. The summed E-state index contributed by atoms with van der Waals surface area (Å²) in [5.74, 6) is 0.272. The lowest BCUT2D eigenvalue weighted by molar-refractivity contribution is -0.126. The first-order valence-electron chi connectivity index (χ1n) is 7.54. The number of carbonyl (C=O) groups is 1. The minimum Gasteiger partial charge on any atom is -0.359 e. The van der Waals surface area contributed by atoms with Gasteiger partial charge in [-0.3, -0.25) is 9.69 Å². The van der Waals surface area contributed by atoms with Crippen LogP contribution in [0.15, 0.2) is 24.5 Å². The maximum absolute atomic E-state index is 11.8. The van der Waals surface area contributed by atoms with Gasteiger partial charge in [0.1, 0.15) is 5.65 Å². The molecule has 1 aliphatic heterocycles. The van der Waals surface area contributed by atoms with Gasteiger partial charge in [-0.05, 0) is 37.9 Å². The van der Waals surface area contributed by atoms with Crippen LogP contribution in [0.5, 0.6) is 0 Å². The second-order valence-corrected chi connectivity index (χ2v) is 5.89. The largest absolute Gasteiger partial charge is 0.359 e. The van der Waals surface area contributed by atoms with Crippen LogP contribution >= 0.6 is 0 Å². The molecule has 1 atom stereocenters. The van der Waals surface area contributed by atoms with Crippen LogP contribution in [0.25, 0.3) is 5.65 Å². The van der Waals surface area contributed by atoms with Crippen molar-refractivity contribution in [3.63, 3.8) is 0 Å². The standard InChI is InChI=1S/C16H22N4O/c1-12-5-6-15-18-14(11-20(15)8-12)10-19-7-3-4-13(9-19)16(21)17-2/h5-6,8,11,13H,3-4,7,9-10H2,1-2H3,(H,17,21). The molecule has 5 nitrogen and oxygen atoms in total.